The average Bonchev–Trinajstić information content (AvgIpc) is 2.57. The lowest BCUT2D eigenvalue weighted by Gasteiger charge is -2.31. The van der Waals surface area contributed by atoms with Gasteiger partial charge in [-0.25, -0.2) is 4.68 Å². The molecule has 1 aromatic carbocycles. The van der Waals surface area contributed by atoms with E-state index in [1.165, 1.54) is 4.68 Å². The van der Waals surface area contributed by atoms with Crippen LogP contribution in [0.5, 0.6) is 0 Å². The highest BCUT2D eigenvalue weighted by Gasteiger charge is 2.22. The van der Waals surface area contributed by atoms with Crippen molar-refractivity contribution in [3.8, 4) is 0 Å². The van der Waals surface area contributed by atoms with Gasteiger partial charge in [0.2, 0.25) is 5.91 Å². The van der Waals surface area contributed by atoms with E-state index < -0.39 is 0 Å². The molecule has 0 spiro atoms. The molecule has 0 radical (unpaired) electrons. The first-order valence-electron chi connectivity index (χ1n) is 7.45. The number of likely N-dealkylation sites (N-methyl/N-ethyl adjacent to an activating group) is 1. The molecular formula is C16H19N3O2S. The Morgan fingerprint density at radius 3 is 2.86 bits per heavy atom. The van der Waals surface area contributed by atoms with E-state index >= 15 is 0 Å². The summed E-state index contributed by atoms with van der Waals surface area (Å²) in [4.78, 5) is 26.6. The fourth-order valence-electron chi connectivity index (χ4n) is 2.76. The third kappa shape index (κ3) is 3.02. The van der Waals surface area contributed by atoms with Gasteiger partial charge in [-0.15, -0.1) is 0 Å². The second kappa shape index (κ2) is 6.52. The zero-order valence-corrected chi connectivity index (χ0v) is 13.4. The summed E-state index contributed by atoms with van der Waals surface area (Å²) in [5.41, 5.74) is -0.209. The highest BCUT2D eigenvalue weighted by atomic mass is 32.2. The van der Waals surface area contributed by atoms with E-state index in [2.05, 4.69) is 5.10 Å². The molecule has 1 fully saturated rings. The Hall–Kier alpha value is -1.82. The van der Waals surface area contributed by atoms with Crippen LogP contribution in [0.25, 0.3) is 10.8 Å². The molecule has 0 N–H and O–H groups in total. The van der Waals surface area contributed by atoms with Gasteiger partial charge in [0.25, 0.3) is 5.56 Å². The van der Waals surface area contributed by atoms with Crippen LogP contribution in [0.15, 0.2) is 35.3 Å². The molecule has 1 aliphatic rings. The molecule has 6 heteroatoms. The number of fused-ring (bicyclic) bond motifs is 1. The number of thioether (sulfide) groups is 1. The van der Waals surface area contributed by atoms with Crippen LogP contribution in [-0.2, 0) is 11.3 Å². The van der Waals surface area contributed by atoms with E-state index in [4.69, 9.17) is 0 Å². The third-order valence-corrected chi connectivity index (χ3v) is 5.23. The lowest BCUT2D eigenvalue weighted by molar-refractivity contribution is -0.133. The van der Waals surface area contributed by atoms with Crippen molar-refractivity contribution in [2.75, 3.05) is 18.6 Å². The van der Waals surface area contributed by atoms with E-state index in [1.54, 1.807) is 17.2 Å². The molecule has 1 saturated heterocycles. The Labute approximate surface area is 133 Å². The maximum absolute atomic E-state index is 12.4. The molecule has 2 aromatic rings. The van der Waals surface area contributed by atoms with Gasteiger partial charge in [0.05, 0.1) is 11.6 Å². The van der Waals surface area contributed by atoms with Crippen LogP contribution < -0.4 is 5.56 Å². The first-order valence-corrected chi connectivity index (χ1v) is 8.60. The number of carbonyl (C=O) groups is 1. The van der Waals surface area contributed by atoms with Gasteiger partial charge >= 0.3 is 0 Å². The third-order valence-electron chi connectivity index (χ3n) is 4.18. The normalized spacial score (nSPS) is 15.9. The molecule has 0 unspecified atom stereocenters. The number of nitrogens with zero attached hydrogens (tertiary/aromatic N) is 3. The predicted octanol–water partition coefficient (Wildman–Crippen LogP) is 1.75. The van der Waals surface area contributed by atoms with E-state index in [0.717, 1.165) is 29.7 Å². The molecule has 1 amide bonds. The fraction of sp³-hybridized carbons (Fsp3) is 0.438. The van der Waals surface area contributed by atoms with Crippen LogP contribution in [-0.4, -0.2) is 45.2 Å². The van der Waals surface area contributed by atoms with Crippen molar-refractivity contribution in [1.29, 1.82) is 0 Å². The van der Waals surface area contributed by atoms with Crippen LogP contribution in [0.1, 0.15) is 12.8 Å². The van der Waals surface area contributed by atoms with Crippen molar-refractivity contribution in [3.63, 3.8) is 0 Å². The summed E-state index contributed by atoms with van der Waals surface area (Å²) in [7, 11) is 1.83. The summed E-state index contributed by atoms with van der Waals surface area (Å²) in [5, 5.41) is 5.53. The topological polar surface area (TPSA) is 55.2 Å². The maximum Gasteiger partial charge on any atom is 0.275 e. The molecule has 1 aromatic heterocycles. The summed E-state index contributed by atoms with van der Waals surface area (Å²) in [6.45, 7) is 0.00378. The summed E-state index contributed by atoms with van der Waals surface area (Å²) in [6.07, 6.45) is 3.68. The molecule has 5 nitrogen and oxygen atoms in total. The average molecular weight is 317 g/mol. The van der Waals surface area contributed by atoms with Gasteiger partial charge in [-0.1, -0.05) is 18.2 Å². The standard InChI is InChI=1S/C16H19N3O2S/c1-18(13-6-8-22-9-7-13)15(20)11-19-16(21)14-5-3-2-4-12(14)10-17-19/h2-5,10,13H,6-9,11H2,1H3. The molecule has 0 atom stereocenters. The van der Waals surface area contributed by atoms with Gasteiger partial charge in [-0.2, -0.15) is 16.9 Å². The summed E-state index contributed by atoms with van der Waals surface area (Å²) >= 11 is 1.93. The van der Waals surface area contributed by atoms with E-state index in [1.807, 2.05) is 37.0 Å². The minimum absolute atomic E-state index is 0.00378. The Balaban J connectivity index is 1.79. The van der Waals surface area contributed by atoms with Crippen LogP contribution in [0, 0.1) is 0 Å². The second-order valence-electron chi connectivity index (χ2n) is 5.54. The first-order chi connectivity index (χ1) is 10.7. The van der Waals surface area contributed by atoms with Gasteiger partial charge in [0.1, 0.15) is 6.54 Å². The highest BCUT2D eigenvalue weighted by molar-refractivity contribution is 7.99. The van der Waals surface area contributed by atoms with Crippen molar-refractivity contribution in [3.05, 3.63) is 40.8 Å². The number of carbonyl (C=O) groups excluding carboxylic acids is 1. The fourth-order valence-corrected chi connectivity index (χ4v) is 3.84. The highest BCUT2D eigenvalue weighted by Crippen LogP contribution is 2.21. The number of hydrogen-bond acceptors (Lipinski definition) is 4. The quantitative estimate of drug-likeness (QED) is 0.865. The first kappa shape index (κ1) is 15.1. The minimum atomic E-state index is -0.209. The van der Waals surface area contributed by atoms with E-state index in [-0.39, 0.29) is 24.1 Å². The van der Waals surface area contributed by atoms with E-state index in [9.17, 15) is 9.59 Å². The molecule has 22 heavy (non-hydrogen) atoms. The van der Waals surface area contributed by atoms with Gasteiger partial charge < -0.3 is 4.90 Å². The minimum Gasteiger partial charge on any atom is -0.341 e. The van der Waals surface area contributed by atoms with Gasteiger partial charge in [0, 0.05) is 18.5 Å². The monoisotopic (exact) mass is 317 g/mol. The number of amides is 1. The molecular weight excluding hydrogens is 298 g/mol. The lowest BCUT2D eigenvalue weighted by Crippen LogP contribution is -2.42. The molecule has 3 rings (SSSR count). The van der Waals surface area contributed by atoms with Crippen LogP contribution in [0.3, 0.4) is 0 Å². The Bertz CT molecular complexity index is 737. The number of hydrogen-bond donors (Lipinski definition) is 0. The number of aromatic nitrogens is 2. The van der Waals surface area contributed by atoms with Gasteiger partial charge in [0.15, 0.2) is 0 Å². The second-order valence-corrected chi connectivity index (χ2v) is 6.77. The van der Waals surface area contributed by atoms with Crippen molar-refractivity contribution < 1.29 is 4.79 Å². The van der Waals surface area contributed by atoms with Crippen molar-refractivity contribution in [1.82, 2.24) is 14.7 Å². The summed E-state index contributed by atoms with van der Waals surface area (Å²) < 4.78 is 1.26. The number of rotatable bonds is 3. The molecule has 0 aliphatic carbocycles. The van der Waals surface area contributed by atoms with E-state index in [0.29, 0.717) is 5.39 Å². The molecule has 116 valence electrons. The van der Waals surface area contributed by atoms with Crippen LogP contribution in [0.2, 0.25) is 0 Å². The molecule has 0 saturated carbocycles. The summed E-state index contributed by atoms with van der Waals surface area (Å²) in [5.74, 6) is 2.13. The Morgan fingerprint density at radius 2 is 2.09 bits per heavy atom. The molecule has 0 bridgehead atoms. The van der Waals surface area contributed by atoms with Gasteiger partial charge in [-0.3, -0.25) is 9.59 Å². The Morgan fingerprint density at radius 1 is 1.36 bits per heavy atom. The smallest absolute Gasteiger partial charge is 0.275 e. The zero-order valence-electron chi connectivity index (χ0n) is 12.6. The van der Waals surface area contributed by atoms with Crippen LogP contribution >= 0.6 is 11.8 Å². The SMILES string of the molecule is CN(C(=O)Cn1ncc2ccccc2c1=O)C1CCSCC1. The maximum atomic E-state index is 12.4. The lowest BCUT2D eigenvalue weighted by atomic mass is 10.1. The summed E-state index contributed by atoms with van der Waals surface area (Å²) in [6, 6.07) is 7.59. The zero-order chi connectivity index (χ0) is 15.5. The predicted molar refractivity (Wildman–Crippen MR) is 89.1 cm³/mol. The van der Waals surface area contributed by atoms with Crippen molar-refractivity contribution >= 4 is 28.4 Å². The van der Waals surface area contributed by atoms with Crippen LogP contribution in [0.4, 0.5) is 0 Å². The van der Waals surface area contributed by atoms with Crippen molar-refractivity contribution in [2.24, 2.45) is 0 Å². The molecule has 2 heterocycles. The largest absolute Gasteiger partial charge is 0.341 e. The van der Waals surface area contributed by atoms with Gasteiger partial charge in [-0.05, 0) is 30.4 Å². The number of benzene rings is 1. The molecule has 1 aliphatic heterocycles. The Kier molecular flexibility index (Phi) is 4.47. The van der Waals surface area contributed by atoms with Crippen molar-refractivity contribution in [2.45, 2.75) is 25.4 Å².